The lowest BCUT2D eigenvalue weighted by atomic mass is 10.1. The number of benzene rings is 1. The lowest BCUT2D eigenvalue weighted by Gasteiger charge is -2.25. The molecule has 0 bridgehead atoms. The summed E-state index contributed by atoms with van der Waals surface area (Å²) < 4.78 is 10.9. The Morgan fingerprint density at radius 1 is 1.44 bits per heavy atom. The second-order valence-corrected chi connectivity index (χ2v) is 4.77. The van der Waals surface area contributed by atoms with E-state index in [2.05, 4.69) is 36.6 Å². The normalized spacial score (nSPS) is 19.6. The maximum atomic E-state index is 5.44. The summed E-state index contributed by atoms with van der Waals surface area (Å²) in [6.07, 6.45) is 0. The molecule has 18 heavy (non-hydrogen) atoms. The van der Waals surface area contributed by atoms with Gasteiger partial charge in [-0.15, -0.1) is 0 Å². The average Bonchev–Trinajstić information content (AvgIpc) is 2.38. The Balaban J connectivity index is 2.03. The number of hydrogen-bond donors (Lipinski definition) is 2. The van der Waals surface area contributed by atoms with Crippen LogP contribution in [0.2, 0.25) is 0 Å². The molecule has 1 aliphatic heterocycles. The van der Waals surface area contributed by atoms with Gasteiger partial charge in [-0.25, -0.2) is 0 Å². The quantitative estimate of drug-likeness (QED) is 0.854. The van der Waals surface area contributed by atoms with Crippen LogP contribution in [0.4, 0.5) is 5.69 Å². The van der Waals surface area contributed by atoms with E-state index >= 15 is 0 Å². The van der Waals surface area contributed by atoms with Crippen molar-refractivity contribution in [2.45, 2.75) is 19.9 Å². The van der Waals surface area contributed by atoms with Gasteiger partial charge >= 0.3 is 0 Å². The van der Waals surface area contributed by atoms with E-state index in [1.165, 1.54) is 11.1 Å². The van der Waals surface area contributed by atoms with Gasteiger partial charge in [-0.05, 0) is 31.0 Å². The van der Waals surface area contributed by atoms with Gasteiger partial charge in [-0.3, -0.25) is 0 Å². The predicted molar refractivity (Wildman–Crippen MR) is 73.6 cm³/mol. The summed E-state index contributed by atoms with van der Waals surface area (Å²) in [6, 6.07) is 4.58. The van der Waals surface area contributed by atoms with Crippen molar-refractivity contribution in [1.82, 2.24) is 5.32 Å². The minimum Gasteiger partial charge on any atom is -0.495 e. The van der Waals surface area contributed by atoms with Crippen molar-refractivity contribution in [1.29, 1.82) is 0 Å². The Hall–Kier alpha value is -1.26. The van der Waals surface area contributed by atoms with Gasteiger partial charge in [0.05, 0.1) is 26.0 Å². The lowest BCUT2D eigenvalue weighted by molar-refractivity contribution is 0.0806. The predicted octanol–water partition coefficient (Wildman–Crippen LogP) is 1.71. The molecular formula is C14H22N2O2. The fourth-order valence-electron chi connectivity index (χ4n) is 2.29. The van der Waals surface area contributed by atoms with Crippen molar-refractivity contribution < 1.29 is 9.47 Å². The number of morpholine rings is 1. The highest BCUT2D eigenvalue weighted by molar-refractivity contribution is 5.63. The summed E-state index contributed by atoms with van der Waals surface area (Å²) in [7, 11) is 1.71. The number of nitrogens with one attached hydrogen (secondary N) is 2. The van der Waals surface area contributed by atoms with Crippen LogP contribution in [0, 0.1) is 13.8 Å². The van der Waals surface area contributed by atoms with Crippen molar-refractivity contribution in [2.24, 2.45) is 0 Å². The fraction of sp³-hybridized carbons (Fsp3) is 0.571. The molecule has 0 aliphatic carbocycles. The Kier molecular flexibility index (Phi) is 4.44. The molecule has 4 nitrogen and oxygen atoms in total. The molecule has 1 unspecified atom stereocenters. The van der Waals surface area contributed by atoms with Crippen LogP contribution in [0.5, 0.6) is 5.75 Å². The monoisotopic (exact) mass is 250 g/mol. The number of methoxy groups -OCH3 is 1. The van der Waals surface area contributed by atoms with E-state index in [0.717, 1.165) is 37.7 Å². The van der Waals surface area contributed by atoms with Crippen molar-refractivity contribution in [3.05, 3.63) is 23.3 Å². The molecular weight excluding hydrogens is 228 g/mol. The van der Waals surface area contributed by atoms with E-state index in [-0.39, 0.29) is 0 Å². The summed E-state index contributed by atoms with van der Waals surface area (Å²) in [5.41, 5.74) is 3.51. The molecule has 4 heteroatoms. The van der Waals surface area contributed by atoms with E-state index in [9.17, 15) is 0 Å². The molecule has 1 heterocycles. The van der Waals surface area contributed by atoms with Crippen LogP contribution in [0.15, 0.2) is 12.1 Å². The van der Waals surface area contributed by atoms with E-state index in [0.29, 0.717) is 6.04 Å². The molecule has 2 rings (SSSR count). The minimum atomic E-state index is 0.365. The Morgan fingerprint density at radius 3 is 2.94 bits per heavy atom. The molecule has 100 valence electrons. The molecule has 1 atom stereocenters. The first-order chi connectivity index (χ1) is 8.70. The van der Waals surface area contributed by atoms with Gasteiger partial charge in [0.15, 0.2) is 0 Å². The largest absolute Gasteiger partial charge is 0.495 e. The zero-order chi connectivity index (χ0) is 13.0. The molecule has 1 aromatic rings. The number of rotatable bonds is 4. The molecule has 1 aliphatic rings. The molecule has 0 saturated carbocycles. The molecule has 1 aromatic carbocycles. The SMILES string of the molecule is COc1cc(C)cc(C)c1NCC1COCCN1. The van der Waals surface area contributed by atoms with Gasteiger partial charge in [0.25, 0.3) is 0 Å². The molecule has 0 amide bonds. The van der Waals surface area contributed by atoms with E-state index in [1.807, 2.05) is 0 Å². The summed E-state index contributed by atoms with van der Waals surface area (Å²) in [6.45, 7) is 7.53. The number of ether oxygens (including phenoxy) is 2. The summed E-state index contributed by atoms with van der Waals surface area (Å²) in [4.78, 5) is 0. The molecule has 1 fully saturated rings. The Morgan fingerprint density at radius 2 is 2.28 bits per heavy atom. The third-order valence-electron chi connectivity index (χ3n) is 3.19. The lowest BCUT2D eigenvalue weighted by Crippen LogP contribution is -2.45. The summed E-state index contributed by atoms with van der Waals surface area (Å²) >= 11 is 0. The first-order valence-corrected chi connectivity index (χ1v) is 6.41. The van der Waals surface area contributed by atoms with Crippen molar-refractivity contribution in [3.63, 3.8) is 0 Å². The zero-order valence-corrected chi connectivity index (χ0v) is 11.4. The van der Waals surface area contributed by atoms with E-state index in [4.69, 9.17) is 9.47 Å². The first-order valence-electron chi connectivity index (χ1n) is 6.41. The minimum absolute atomic E-state index is 0.365. The standard InChI is InChI=1S/C14H22N2O2/c1-10-6-11(2)14(13(7-10)17-3)16-8-12-9-18-5-4-15-12/h6-7,12,15-16H,4-5,8-9H2,1-3H3. The summed E-state index contributed by atoms with van der Waals surface area (Å²) in [5.74, 6) is 0.907. The Bertz CT molecular complexity index is 401. The van der Waals surface area contributed by atoms with Gasteiger partial charge in [-0.2, -0.15) is 0 Å². The number of anilines is 1. The second-order valence-electron chi connectivity index (χ2n) is 4.77. The number of hydrogen-bond acceptors (Lipinski definition) is 4. The molecule has 0 aromatic heterocycles. The number of aryl methyl sites for hydroxylation is 2. The molecule has 2 N–H and O–H groups in total. The van der Waals surface area contributed by atoms with Crippen LogP contribution in [-0.2, 0) is 4.74 Å². The second kappa shape index (κ2) is 6.07. The van der Waals surface area contributed by atoms with Crippen LogP contribution in [0.3, 0.4) is 0 Å². The molecule has 1 saturated heterocycles. The molecule has 0 spiro atoms. The van der Waals surface area contributed by atoms with Crippen LogP contribution in [-0.4, -0.2) is 39.5 Å². The molecule has 0 radical (unpaired) electrons. The van der Waals surface area contributed by atoms with Gasteiger partial charge < -0.3 is 20.1 Å². The maximum Gasteiger partial charge on any atom is 0.142 e. The van der Waals surface area contributed by atoms with Crippen LogP contribution < -0.4 is 15.4 Å². The van der Waals surface area contributed by atoms with Gasteiger partial charge in [0.1, 0.15) is 5.75 Å². The fourth-order valence-corrected chi connectivity index (χ4v) is 2.29. The average molecular weight is 250 g/mol. The van der Waals surface area contributed by atoms with E-state index < -0.39 is 0 Å². The third-order valence-corrected chi connectivity index (χ3v) is 3.19. The highest BCUT2D eigenvalue weighted by Crippen LogP contribution is 2.29. The topological polar surface area (TPSA) is 42.5 Å². The van der Waals surface area contributed by atoms with Crippen molar-refractivity contribution in [3.8, 4) is 5.75 Å². The zero-order valence-electron chi connectivity index (χ0n) is 11.4. The van der Waals surface area contributed by atoms with Crippen molar-refractivity contribution in [2.75, 3.05) is 38.7 Å². The van der Waals surface area contributed by atoms with Crippen LogP contribution in [0.1, 0.15) is 11.1 Å². The van der Waals surface area contributed by atoms with Gasteiger partial charge in [0, 0.05) is 19.1 Å². The first kappa shape index (κ1) is 13.2. The Labute approximate surface area is 109 Å². The van der Waals surface area contributed by atoms with Crippen LogP contribution >= 0.6 is 0 Å². The van der Waals surface area contributed by atoms with E-state index in [1.54, 1.807) is 7.11 Å². The maximum absolute atomic E-state index is 5.44. The highest BCUT2D eigenvalue weighted by Gasteiger charge is 2.14. The van der Waals surface area contributed by atoms with Gasteiger partial charge in [0.2, 0.25) is 0 Å². The highest BCUT2D eigenvalue weighted by atomic mass is 16.5. The smallest absolute Gasteiger partial charge is 0.142 e. The van der Waals surface area contributed by atoms with Crippen molar-refractivity contribution >= 4 is 5.69 Å². The summed E-state index contributed by atoms with van der Waals surface area (Å²) in [5, 5.41) is 6.89. The van der Waals surface area contributed by atoms with Gasteiger partial charge in [-0.1, -0.05) is 6.07 Å². The van der Waals surface area contributed by atoms with Crippen LogP contribution in [0.25, 0.3) is 0 Å². The third kappa shape index (κ3) is 3.15.